The zero-order chi connectivity index (χ0) is 19.4. The van der Waals surface area contributed by atoms with Crippen LogP contribution in [-0.4, -0.2) is 53.5 Å². The van der Waals surface area contributed by atoms with Crippen LogP contribution in [0.15, 0.2) is 41.7 Å². The Morgan fingerprint density at radius 2 is 2.15 bits per heavy atom. The van der Waals surface area contributed by atoms with Gasteiger partial charge in [0.05, 0.1) is 17.2 Å². The quantitative estimate of drug-likeness (QED) is 0.752. The monoisotopic (exact) mass is 390 g/mol. The van der Waals surface area contributed by atoms with Gasteiger partial charge in [0.2, 0.25) is 10.0 Å². The Morgan fingerprint density at radius 3 is 2.85 bits per heavy atom. The summed E-state index contributed by atoms with van der Waals surface area (Å²) in [6.07, 6.45) is 4.81. The number of rotatable bonds is 6. The normalized spacial score (nSPS) is 15.3. The van der Waals surface area contributed by atoms with Crippen molar-refractivity contribution in [2.24, 2.45) is 0 Å². The van der Waals surface area contributed by atoms with Crippen LogP contribution in [0.4, 0.5) is 0 Å². The Kier molecular flexibility index (Phi) is 5.83. The van der Waals surface area contributed by atoms with Crippen LogP contribution >= 0.6 is 0 Å². The number of hydrogen-bond acceptors (Lipinski definition) is 6. The van der Waals surface area contributed by atoms with Crippen LogP contribution in [0.3, 0.4) is 0 Å². The third kappa shape index (κ3) is 4.68. The third-order valence-corrected chi connectivity index (χ3v) is 5.88. The Hall–Kier alpha value is -2.36. The third-order valence-electron chi connectivity index (χ3n) is 4.42. The standard InChI is InChI=1S/C18H22N4O4S/c1-13(23)4-6-21-27(25,26)16-3-2-14-5-9-22(12-15(14)10-16)18(24)17-11-19-7-8-20-17/h2-3,7-8,10-11,13,21,23H,4-6,9,12H2,1H3. The molecule has 0 spiro atoms. The Balaban J connectivity index is 1.76. The van der Waals surface area contributed by atoms with Crippen molar-refractivity contribution in [1.82, 2.24) is 19.6 Å². The second kappa shape index (κ2) is 8.12. The van der Waals surface area contributed by atoms with Crippen molar-refractivity contribution in [3.63, 3.8) is 0 Å². The van der Waals surface area contributed by atoms with E-state index in [-0.39, 0.29) is 23.0 Å². The van der Waals surface area contributed by atoms with Gasteiger partial charge in [-0.05, 0) is 43.0 Å². The highest BCUT2D eigenvalue weighted by atomic mass is 32.2. The average Bonchev–Trinajstić information content (AvgIpc) is 2.66. The predicted molar refractivity (Wildman–Crippen MR) is 98.4 cm³/mol. The molecule has 1 aliphatic rings. The van der Waals surface area contributed by atoms with E-state index >= 15 is 0 Å². The van der Waals surface area contributed by atoms with Crippen LogP contribution in [0.1, 0.15) is 35.0 Å². The van der Waals surface area contributed by atoms with Gasteiger partial charge >= 0.3 is 0 Å². The van der Waals surface area contributed by atoms with Gasteiger partial charge in [-0.15, -0.1) is 0 Å². The summed E-state index contributed by atoms with van der Waals surface area (Å²) in [5.41, 5.74) is 2.10. The predicted octanol–water partition coefficient (Wildman–Crippen LogP) is 0.724. The maximum atomic E-state index is 12.6. The summed E-state index contributed by atoms with van der Waals surface area (Å²) in [5.74, 6) is -0.225. The molecule has 1 amide bonds. The lowest BCUT2D eigenvalue weighted by Gasteiger charge is -2.29. The highest BCUT2D eigenvalue weighted by Gasteiger charge is 2.24. The van der Waals surface area contributed by atoms with Gasteiger partial charge < -0.3 is 10.0 Å². The number of benzene rings is 1. The first-order valence-electron chi connectivity index (χ1n) is 8.71. The molecule has 9 heteroatoms. The van der Waals surface area contributed by atoms with Crippen molar-refractivity contribution in [3.05, 3.63) is 53.6 Å². The summed E-state index contributed by atoms with van der Waals surface area (Å²) in [7, 11) is -3.67. The van der Waals surface area contributed by atoms with Crippen molar-refractivity contribution < 1.29 is 18.3 Å². The minimum Gasteiger partial charge on any atom is -0.393 e. The van der Waals surface area contributed by atoms with Crippen LogP contribution in [0.25, 0.3) is 0 Å². The number of fused-ring (bicyclic) bond motifs is 1. The van der Waals surface area contributed by atoms with Crippen molar-refractivity contribution in [2.45, 2.75) is 37.3 Å². The molecule has 2 N–H and O–H groups in total. The van der Waals surface area contributed by atoms with Gasteiger partial charge in [-0.2, -0.15) is 0 Å². The molecule has 1 aromatic heterocycles. The SMILES string of the molecule is CC(O)CCNS(=O)(=O)c1ccc2c(c1)CN(C(=O)c1cnccn1)CC2. The summed E-state index contributed by atoms with van der Waals surface area (Å²) >= 11 is 0. The van der Waals surface area contributed by atoms with E-state index in [4.69, 9.17) is 0 Å². The zero-order valence-corrected chi connectivity index (χ0v) is 15.8. The van der Waals surface area contributed by atoms with Gasteiger partial charge in [0.15, 0.2) is 0 Å². The lowest BCUT2D eigenvalue weighted by Crippen LogP contribution is -2.36. The Bertz CT molecular complexity index is 916. The van der Waals surface area contributed by atoms with E-state index in [9.17, 15) is 18.3 Å². The number of hydrogen-bond donors (Lipinski definition) is 2. The molecular formula is C18H22N4O4S. The largest absolute Gasteiger partial charge is 0.393 e. The lowest BCUT2D eigenvalue weighted by atomic mass is 10.00. The number of amides is 1. The number of carbonyl (C=O) groups excluding carboxylic acids is 1. The Labute approximate surface area is 158 Å². The summed E-state index contributed by atoms with van der Waals surface area (Å²) in [6, 6.07) is 4.97. The van der Waals surface area contributed by atoms with Crippen molar-refractivity contribution >= 4 is 15.9 Å². The number of aromatic nitrogens is 2. The molecule has 1 aromatic carbocycles. The molecule has 0 aliphatic carbocycles. The van der Waals surface area contributed by atoms with Crippen LogP contribution in [0.2, 0.25) is 0 Å². The molecule has 0 bridgehead atoms. The Morgan fingerprint density at radius 1 is 1.33 bits per heavy atom. The minimum absolute atomic E-state index is 0.153. The second-order valence-corrected chi connectivity index (χ2v) is 8.30. The molecule has 27 heavy (non-hydrogen) atoms. The van der Waals surface area contributed by atoms with Crippen molar-refractivity contribution in [3.8, 4) is 0 Å². The van der Waals surface area contributed by atoms with E-state index in [1.807, 2.05) is 0 Å². The number of sulfonamides is 1. The number of nitrogens with zero attached hydrogens (tertiary/aromatic N) is 3. The molecule has 0 radical (unpaired) electrons. The topological polar surface area (TPSA) is 112 Å². The minimum atomic E-state index is -3.67. The molecule has 1 atom stereocenters. The maximum Gasteiger partial charge on any atom is 0.274 e. The van der Waals surface area contributed by atoms with E-state index in [2.05, 4.69) is 14.7 Å². The van der Waals surface area contributed by atoms with Gasteiger partial charge in [0.25, 0.3) is 5.91 Å². The van der Waals surface area contributed by atoms with Gasteiger partial charge in [-0.3, -0.25) is 9.78 Å². The molecule has 8 nitrogen and oxygen atoms in total. The molecule has 0 saturated heterocycles. The van der Waals surface area contributed by atoms with Crippen LogP contribution < -0.4 is 4.72 Å². The highest BCUT2D eigenvalue weighted by molar-refractivity contribution is 7.89. The first-order chi connectivity index (χ1) is 12.9. The molecule has 144 valence electrons. The number of nitrogens with one attached hydrogen (secondary N) is 1. The summed E-state index contributed by atoms with van der Waals surface area (Å²) in [5, 5.41) is 9.27. The lowest BCUT2D eigenvalue weighted by molar-refractivity contribution is 0.0728. The van der Waals surface area contributed by atoms with Crippen LogP contribution in [-0.2, 0) is 23.0 Å². The van der Waals surface area contributed by atoms with Crippen molar-refractivity contribution in [1.29, 1.82) is 0 Å². The first kappa shape index (κ1) is 19.4. The van der Waals surface area contributed by atoms with E-state index in [1.165, 1.54) is 18.6 Å². The maximum absolute atomic E-state index is 12.6. The molecule has 0 fully saturated rings. The number of aliphatic hydroxyl groups is 1. The summed E-state index contributed by atoms with van der Waals surface area (Å²) in [6.45, 7) is 2.63. The fourth-order valence-electron chi connectivity index (χ4n) is 2.93. The molecular weight excluding hydrogens is 368 g/mol. The van der Waals surface area contributed by atoms with Gasteiger partial charge in [-0.1, -0.05) is 6.07 Å². The second-order valence-electron chi connectivity index (χ2n) is 6.53. The molecule has 2 heterocycles. The summed E-state index contributed by atoms with van der Waals surface area (Å²) < 4.78 is 27.4. The van der Waals surface area contributed by atoms with Gasteiger partial charge in [0.1, 0.15) is 5.69 Å². The molecule has 1 unspecified atom stereocenters. The average molecular weight is 390 g/mol. The fraction of sp³-hybridized carbons (Fsp3) is 0.389. The van der Waals surface area contributed by atoms with Crippen LogP contribution in [0, 0.1) is 0 Å². The highest BCUT2D eigenvalue weighted by Crippen LogP contribution is 2.23. The molecule has 3 rings (SSSR count). The first-order valence-corrected chi connectivity index (χ1v) is 10.2. The van der Waals surface area contributed by atoms with Gasteiger partial charge in [0, 0.05) is 32.0 Å². The van der Waals surface area contributed by atoms with Gasteiger partial charge in [-0.25, -0.2) is 18.1 Å². The smallest absolute Gasteiger partial charge is 0.274 e. The molecule has 1 aliphatic heterocycles. The number of carbonyl (C=O) groups is 1. The molecule has 2 aromatic rings. The van der Waals surface area contributed by atoms with Crippen molar-refractivity contribution in [2.75, 3.05) is 13.1 Å². The van der Waals surface area contributed by atoms with E-state index < -0.39 is 16.1 Å². The zero-order valence-electron chi connectivity index (χ0n) is 15.0. The van der Waals surface area contributed by atoms with E-state index in [0.717, 1.165) is 11.1 Å². The molecule has 0 saturated carbocycles. The van der Waals surface area contributed by atoms with E-state index in [1.54, 1.807) is 30.0 Å². The summed E-state index contributed by atoms with van der Waals surface area (Å²) in [4.78, 5) is 22.3. The fourth-order valence-corrected chi connectivity index (χ4v) is 4.03. The van der Waals surface area contributed by atoms with E-state index in [0.29, 0.717) is 25.9 Å². The number of aliphatic hydroxyl groups excluding tert-OH is 1. The van der Waals surface area contributed by atoms with Crippen LogP contribution in [0.5, 0.6) is 0 Å².